The van der Waals surface area contributed by atoms with Crippen LogP contribution < -0.4 is 0 Å². The van der Waals surface area contributed by atoms with Crippen LogP contribution >= 0.6 is 11.6 Å². The van der Waals surface area contributed by atoms with Crippen molar-refractivity contribution in [3.05, 3.63) is 35.3 Å². The van der Waals surface area contributed by atoms with E-state index in [1.165, 1.54) is 6.33 Å². The fourth-order valence-electron chi connectivity index (χ4n) is 1.19. The molecule has 4 nitrogen and oxygen atoms in total. The summed E-state index contributed by atoms with van der Waals surface area (Å²) in [7, 11) is 0. The molecule has 0 radical (unpaired) electrons. The van der Waals surface area contributed by atoms with Gasteiger partial charge < -0.3 is 0 Å². The van der Waals surface area contributed by atoms with Crippen LogP contribution in [0.3, 0.4) is 0 Å². The molecule has 0 N–H and O–H groups in total. The van der Waals surface area contributed by atoms with Crippen LogP contribution in [0.1, 0.15) is 11.4 Å². The zero-order chi connectivity index (χ0) is 10.1. The quantitative estimate of drug-likeness (QED) is 0.673. The Morgan fingerprint density at radius 3 is 2.57 bits per heavy atom. The Bertz CT molecular complexity index is 464. The summed E-state index contributed by atoms with van der Waals surface area (Å²) in [6.07, 6.45) is 3.16. The van der Waals surface area contributed by atoms with Gasteiger partial charge in [0.05, 0.1) is 5.69 Å². The molecular formula is C9H9ClN4. The zero-order valence-corrected chi connectivity index (χ0v) is 8.65. The number of nitrogens with zero attached hydrogens (tertiary/aromatic N) is 4. The predicted octanol–water partition coefficient (Wildman–Crippen LogP) is 1.93. The molecule has 0 atom stereocenters. The van der Waals surface area contributed by atoms with Crippen LogP contribution in [0.2, 0.25) is 5.15 Å². The topological polar surface area (TPSA) is 43.6 Å². The summed E-state index contributed by atoms with van der Waals surface area (Å²) in [5.41, 5.74) is 2.04. The first-order valence-electron chi connectivity index (χ1n) is 4.17. The first-order valence-corrected chi connectivity index (χ1v) is 4.55. The zero-order valence-electron chi connectivity index (χ0n) is 7.90. The molecule has 0 fully saturated rings. The summed E-state index contributed by atoms with van der Waals surface area (Å²) in [5, 5.41) is 0.431. The molecule has 0 bridgehead atoms. The maximum absolute atomic E-state index is 5.77. The van der Waals surface area contributed by atoms with E-state index in [9.17, 15) is 0 Å². The van der Waals surface area contributed by atoms with Crippen molar-refractivity contribution >= 4 is 11.6 Å². The highest BCUT2D eigenvalue weighted by Crippen LogP contribution is 2.13. The second-order valence-electron chi connectivity index (χ2n) is 2.98. The van der Waals surface area contributed by atoms with Gasteiger partial charge in [-0.1, -0.05) is 11.6 Å². The minimum atomic E-state index is 0.431. The van der Waals surface area contributed by atoms with E-state index in [1.54, 1.807) is 12.4 Å². The minimum absolute atomic E-state index is 0.431. The summed E-state index contributed by atoms with van der Waals surface area (Å²) < 4.78 is 1.88. The molecule has 2 aromatic rings. The SMILES string of the molecule is Cc1ncn(-c2cc(Cl)ncn2)c1C. The molecule has 0 aliphatic heterocycles. The molecule has 0 saturated heterocycles. The van der Waals surface area contributed by atoms with Gasteiger partial charge in [-0.05, 0) is 13.8 Å². The van der Waals surface area contributed by atoms with E-state index in [2.05, 4.69) is 15.0 Å². The average molecular weight is 209 g/mol. The molecule has 0 unspecified atom stereocenters. The fraction of sp³-hybridized carbons (Fsp3) is 0.222. The van der Waals surface area contributed by atoms with Crippen molar-refractivity contribution in [3.8, 4) is 5.82 Å². The van der Waals surface area contributed by atoms with E-state index >= 15 is 0 Å². The van der Waals surface area contributed by atoms with Gasteiger partial charge in [0, 0.05) is 11.8 Å². The third-order valence-electron chi connectivity index (χ3n) is 2.12. The Labute approximate surface area is 86.6 Å². The largest absolute Gasteiger partial charge is 0.287 e. The van der Waals surface area contributed by atoms with Gasteiger partial charge in [-0.25, -0.2) is 15.0 Å². The summed E-state index contributed by atoms with van der Waals surface area (Å²) in [6.45, 7) is 3.94. The normalized spacial score (nSPS) is 10.5. The molecule has 2 heterocycles. The van der Waals surface area contributed by atoms with Gasteiger partial charge in [0.25, 0.3) is 0 Å². The standard InChI is InChI=1S/C9H9ClN4/c1-6-7(2)14(5-13-6)9-3-8(10)11-4-12-9/h3-5H,1-2H3. The Hall–Kier alpha value is -1.42. The van der Waals surface area contributed by atoms with Gasteiger partial charge >= 0.3 is 0 Å². The van der Waals surface area contributed by atoms with E-state index in [4.69, 9.17) is 11.6 Å². The lowest BCUT2D eigenvalue weighted by atomic mass is 10.4. The maximum atomic E-state index is 5.77. The smallest absolute Gasteiger partial charge is 0.142 e. The number of aryl methyl sites for hydroxylation is 1. The molecule has 14 heavy (non-hydrogen) atoms. The van der Waals surface area contributed by atoms with Crippen LogP contribution in [0, 0.1) is 13.8 Å². The van der Waals surface area contributed by atoms with Gasteiger partial charge in [-0.3, -0.25) is 4.57 Å². The summed E-state index contributed by atoms with van der Waals surface area (Å²) >= 11 is 5.77. The van der Waals surface area contributed by atoms with Crippen molar-refractivity contribution < 1.29 is 0 Å². The lowest BCUT2D eigenvalue weighted by Gasteiger charge is -2.03. The van der Waals surface area contributed by atoms with Crippen molar-refractivity contribution in [2.45, 2.75) is 13.8 Å². The van der Waals surface area contributed by atoms with Gasteiger partial charge in [-0.15, -0.1) is 0 Å². The first-order chi connectivity index (χ1) is 6.68. The Kier molecular flexibility index (Phi) is 2.21. The van der Waals surface area contributed by atoms with Crippen molar-refractivity contribution in [2.24, 2.45) is 0 Å². The second-order valence-corrected chi connectivity index (χ2v) is 3.37. The van der Waals surface area contributed by atoms with Gasteiger partial charge in [0.1, 0.15) is 23.6 Å². The molecule has 0 aromatic carbocycles. The van der Waals surface area contributed by atoms with Crippen molar-refractivity contribution in [1.82, 2.24) is 19.5 Å². The van der Waals surface area contributed by atoms with Gasteiger partial charge in [0.2, 0.25) is 0 Å². The summed E-state index contributed by atoms with van der Waals surface area (Å²) in [5.74, 6) is 0.739. The van der Waals surface area contributed by atoms with E-state index in [0.717, 1.165) is 17.2 Å². The first kappa shape index (κ1) is 9.15. The number of hydrogen-bond acceptors (Lipinski definition) is 3. The van der Waals surface area contributed by atoms with Crippen LogP contribution in [-0.4, -0.2) is 19.5 Å². The van der Waals surface area contributed by atoms with Crippen molar-refractivity contribution in [3.63, 3.8) is 0 Å². The Morgan fingerprint density at radius 2 is 2.00 bits per heavy atom. The van der Waals surface area contributed by atoms with E-state index in [1.807, 2.05) is 18.4 Å². The van der Waals surface area contributed by atoms with Crippen LogP contribution in [0.4, 0.5) is 0 Å². The maximum Gasteiger partial charge on any atom is 0.142 e. The lowest BCUT2D eigenvalue weighted by molar-refractivity contribution is 0.935. The molecule has 2 rings (SSSR count). The highest BCUT2D eigenvalue weighted by molar-refractivity contribution is 6.29. The van der Waals surface area contributed by atoms with Crippen LogP contribution in [0.5, 0.6) is 0 Å². The van der Waals surface area contributed by atoms with E-state index in [-0.39, 0.29) is 0 Å². The van der Waals surface area contributed by atoms with Crippen LogP contribution in [0.25, 0.3) is 5.82 Å². The fourth-order valence-corrected chi connectivity index (χ4v) is 1.33. The molecule has 0 saturated carbocycles. The number of rotatable bonds is 1. The van der Waals surface area contributed by atoms with Gasteiger partial charge in [0.15, 0.2) is 0 Å². The molecule has 72 valence electrons. The third-order valence-corrected chi connectivity index (χ3v) is 2.32. The molecule has 0 aliphatic carbocycles. The van der Waals surface area contributed by atoms with Crippen molar-refractivity contribution in [2.75, 3.05) is 0 Å². The monoisotopic (exact) mass is 208 g/mol. The molecule has 2 aromatic heterocycles. The number of halogens is 1. The van der Waals surface area contributed by atoms with Crippen LogP contribution in [0.15, 0.2) is 18.7 Å². The number of hydrogen-bond donors (Lipinski definition) is 0. The third kappa shape index (κ3) is 1.48. The second kappa shape index (κ2) is 3.38. The molecule has 0 spiro atoms. The summed E-state index contributed by atoms with van der Waals surface area (Å²) in [4.78, 5) is 12.1. The molecular weight excluding hydrogens is 200 g/mol. The molecule has 0 aliphatic rings. The molecule has 0 amide bonds. The Balaban J connectivity index is 2.55. The minimum Gasteiger partial charge on any atom is -0.287 e. The Morgan fingerprint density at radius 1 is 1.21 bits per heavy atom. The highest BCUT2D eigenvalue weighted by atomic mass is 35.5. The number of aromatic nitrogens is 4. The predicted molar refractivity (Wildman–Crippen MR) is 53.6 cm³/mol. The van der Waals surface area contributed by atoms with Crippen molar-refractivity contribution in [1.29, 1.82) is 0 Å². The highest BCUT2D eigenvalue weighted by Gasteiger charge is 2.05. The number of imidazole rings is 1. The molecule has 5 heteroatoms. The van der Waals surface area contributed by atoms with Gasteiger partial charge in [-0.2, -0.15) is 0 Å². The van der Waals surface area contributed by atoms with E-state index < -0.39 is 0 Å². The lowest BCUT2D eigenvalue weighted by Crippen LogP contribution is -1.98. The summed E-state index contributed by atoms with van der Waals surface area (Å²) in [6, 6.07) is 1.70. The van der Waals surface area contributed by atoms with E-state index in [0.29, 0.717) is 5.15 Å². The van der Waals surface area contributed by atoms with Crippen LogP contribution in [-0.2, 0) is 0 Å². The average Bonchev–Trinajstić information content (AvgIpc) is 2.48.